The zero-order valence-corrected chi connectivity index (χ0v) is 16.4. The average Bonchev–Trinajstić information content (AvgIpc) is 3.28. The van der Waals surface area contributed by atoms with Crippen molar-refractivity contribution in [1.82, 2.24) is 24.9 Å². The predicted molar refractivity (Wildman–Crippen MR) is 105 cm³/mol. The number of benzene rings is 1. The molecule has 8 nitrogen and oxygen atoms in total. The third-order valence-corrected chi connectivity index (χ3v) is 5.76. The number of carbonyl (C=O) groups is 2. The van der Waals surface area contributed by atoms with Crippen LogP contribution in [-0.2, 0) is 17.6 Å². The molecule has 2 aromatic heterocycles. The first-order valence-corrected chi connectivity index (χ1v) is 9.79. The molecule has 2 N–H and O–H groups in total. The number of likely N-dealkylation sites (N-methyl/N-ethyl adjacent to an activating group) is 1. The van der Waals surface area contributed by atoms with Gasteiger partial charge in [-0.05, 0) is 36.9 Å². The number of aryl methyl sites for hydroxylation is 2. The van der Waals surface area contributed by atoms with E-state index >= 15 is 0 Å². The fourth-order valence-corrected chi connectivity index (χ4v) is 4.28. The monoisotopic (exact) mass is 396 g/mol. The number of rotatable bonds is 4. The van der Waals surface area contributed by atoms with Crippen molar-refractivity contribution >= 4 is 29.0 Å². The van der Waals surface area contributed by atoms with E-state index in [9.17, 15) is 9.59 Å². The van der Waals surface area contributed by atoms with Crippen LogP contribution in [0.3, 0.4) is 0 Å². The van der Waals surface area contributed by atoms with Gasteiger partial charge >= 0.3 is 0 Å². The minimum Gasteiger partial charge on any atom is -0.337 e. The van der Waals surface area contributed by atoms with E-state index in [4.69, 9.17) is 0 Å². The number of carbonyl (C=O) groups excluding carboxylic acids is 2. The number of nitrogens with one attached hydrogen (secondary N) is 2. The lowest BCUT2D eigenvalue weighted by molar-refractivity contribution is -0.120. The Kier molecular flexibility index (Phi) is 4.91. The van der Waals surface area contributed by atoms with E-state index in [1.54, 1.807) is 11.9 Å². The molecule has 0 unspecified atom stereocenters. The highest BCUT2D eigenvalue weighted by atomic mass is 32.1. The molecule has 1 aromatic carbocycles. The molecule has 1 aliphatic heterocycles. The molecule has 1 atom stereocenters. The Hall–Kier alpha value is -3.07. The molecule has 0 bridgehead atoms. The van der Waals surface area contributed by atoms with Gasteiger partial charge in [-0.1, -0.05) is 30.3 Å². The Bertz CT molecular complexity index is 1010. The normalized spacial score (nSPS) is 16.6. The summed E-state index contributed by atoms with van der Waals surface area (Å²) in [7, 11) is 1.72. The molecule has 3 heterocycles. The van der Waals surface area contributed by atoms with Crippen LogP contribution in [0.2, 0.25) is 0 Å². The molecule has 1 aliphatic rings. The van der Waals surface area contributed by atoms with Crippen LogP contribution < -0.4 is 10.2 Å². The molecular weight excluding hydrogens is 376 g/mol. The summed E-state index contributed by atoms with van der Waals surface area (Å²) in [6.07, 6.45) is 1.76. The first kappa shape index (κ1) is 18.3. The van der Waals surface area contributed by atoms with Crippen molar-refractivity contribution in [2.45, 2.75) is 32.2 Å². The second-order valence-corrected chi connectivity index (χ2v) is 7.63. The van der Waals surface area contributed by atoms with Crippen LogP contribution in [0.25, 0.3) is 0 Å². The Morgan fingerprint density at radius 3 is 2.93 bits per heavy atom. The average molecular weight is 396 g/mol. The Labute approximate surface area is 166 Å². The lowest BCUT2D eigenvalue weighted by Gasteiger charge is -2.21. The number of amides is 2. The fourth-order valence-electron chi connectivity index (χ4n) is 3.37. The number of H-pyrrole nitrogens is 1. The molecule has 0 spiro atoms. The van der Waals surface area contributed by atoms with E-state index in [-0.39, 0.29) is 11.7 Å². The topological polar surface area (TPSA) is 104 Å². The number of aromatic amines is 1. The fraction of sp³-hybridized carbons (Fsp3) is 0.316. The third kappa shape index (κ3) is 3.53. The summed E-state index contributed by atoms with van der Waals surface area (Å²) in [5.41, 5.74) is 2.76. The minimum absolute atomic E-state index is 0.0400. The highest BCUT2D eigenvalue weighted by molar-refractivity contribution is 7.06. The van der Waals surface area contributed by atoms with Gasteiger partial charge in [0.15, 0.2) is 0 Å². The van der Waals surface area contributed by atoms with Crippen molar-refractivity contribution in [2.75, 3.05) is 11.9 Å². The first-order valence-electron chi connectivity index (χ1n) is 9.01. The van der Waals surface area contributed by atoms with Crippen molar-refractivity contribution in [3.63, 3.8) is 0 Å². The molecule has 0 fully saturated rings. The molecule has 28 heavy (non-hydrogen) atoms. The van der Waals surface area contributed by atoms with Crippen LogP contribution >= 0.6 is 11.5 Å². The molecule has 3 aromatic rings. The van der Waals surface area contributed by atoms with Gasteiger partial charge in [0.1, 0.15) is 11.9 Å². The lowest BCUT2D eigenvalue weighted by atomic mass is 10.1. The van der Waals surface area contributed by atoms with Crippen molar-refractivity contribution in [3.05, 3.63) is 58.1 Å². The van der Waals surface area contributed by atoms with Crippen molar-refractivity contribution in [1.29, 1.82) is 0 Å². The van der Waals surface area contributed by atoms with Crippen LogP contribution in [0.15, 0.2) is 30.3 Å². The van der Waals surface area contributed by atoms with Gasteiger partial charge < -0.3 is 10.2 Å². The van der Waals surface area contributed by atoms with E-state index < -0.39 is 11.9 Å². The molecule has 0 saturated heterocycles. The summed E-state index contributed by atoms with van der Waals surface area (Å²) in [4.78, 5) is 32.3. The van der Waals surface area contributed by atoms with Gasteiger partial charge in [-0.3, -0.25) is 14.7 Å². The molecule has 2 amide bonds. The largest absolute Gasteiger partial charge is 0.337 e. The van der Waals surface area contributed by atoms with E-state index in [1.807, 2.05) is 37.3 Å². The zero-order valence-electron chi connectivity index (χ0n) is 15.6. The number of nitrogens with zero attached hydrogens (tertiary/aromatic N) is 4. The summed E-state index contributed by atoms with van der Waals surface area (Å²) in [6.45, 7) is 1.89. The molecule has 9 heteroatoms. The molecular formula is C19H20N6O2S. The summed E-state index contributed by atoms with van der Waals surface area (Å²) >= 11 is 1.41. The Balaban J connectivity index is 1.45. The minimum atomic E-state index is -0.618. The van der Waals surface area contributed by atoms with Gasteiger partial charge in [0.05, 0.1) is 11.4 Å². The molecule has 4 rings (SSSR count). The van der Waals surface area contributed by atoms with Gasteiger partial charge in [0.25, 0.3) is 5.91 Å². The second kappa shape index (κ2) is 7.51. The summed E-state index contributed by atoms with van der Waals surface area (Å²) in [6, 6.07) is 9.19. The summed E-state index contributed by atoms with van der Waals surface area (Å²) in [5.74, 6) is 0.0284. The van der Waals surface area contributed by atoms with Crippen molar-refractivity contribution in [2.24, 2.45) is 0 Å². The highest BCUT2D eigenvalue weighted by Crippen LogP contribution is 2.32. The summed E-state index contributed by atoms with van der Waals surface area (Å²) in [5, 5.41) is 9.59. The standard InChI is InChI=1S/C19H20N6O2S/c1-11-16-14(28-24-11)9-8-13(19(27)25(16)2)20-18(26)17-21-15(22-23-17)10-12-6-4-3-5-7-12/h3-7,13H,8-10H2,1-2H3,(H,20,26)(H,21,22,23)/t13-/m0/s1. The maximum Gasteiger partial charge on any atom is 0.291 e. The van der Waals surface area contributed by atoms with Gasteiger partial charge in [-0.15, -0.1) is 5.10 Å². The van der Waals surface area contributed by atoms with Crippen LogP contribution in [-0.4, -0.2) is 44.5 Å². The Morgan fingerprint density at radius 1 is 1.36 bits per heavy atom. The van der Waals surface area contributed by atoms with E-state index in [0.717, 1.165) is 21.8 Å². The molecule has 0 aliphatic carbocycles. The Morgan fingerprint density at radius 2 is 2.14 bits per heavy atom. The van der Waals surface area contributed by atoms with Gasteiger partial charge in [-0.2, -0.15) is 4.37 Å². The smallest absolute Gasteiger partial charge is 0.291 e. The molecule has 0 saturated carbocycles. The quantitative estimate of drug-likeness (QED) is 0.701. The van der Waals surface area contributed by atoms with E-state index in [1.165, 1.54) is 11.5 Å². The van der Waals surface area contributed by atoms with E-state index in [2.05, 4.69) is 24.9 Å². The van der Waals surface area contributed by atoms with Crippen molar-refractivity contribution in [3.8, 4) is 0 Å². The number of fused-ring (bicyclic) bond motifs is 1. The van der Waals surface area contributed by atoms with Crippen LogP contribution in [0.1, 0.15) is 39.0 Å². The molecule has 144 valence electrons. The SMILES string of the molecule is Cc1nsc2c1N(C)C(=O)[C@@H](NC(=O)c1n[nH]c(Cc3ccccc3)n1)CC2. The van der Waals surface area contributed by atoms with Crippen LogP contribution in [0.4, 0.5) is 5.69 Å². The number of anilines is 1. The van der Waals surface area contributed by atoms with Crippen LogP contribution in [0, 0.1) is 6.92 Å². The summed E-state index contributed by atoms with van der Waals surface area (Å²) < 4.78 is 4.33. The highest BCUT2D eigenvalue weighted by Gasteiger charge is 2.32. The van der Waals surface area contributed by atoms with Gasteiger partial charge in [0.2, 0.25) is 11.7 Å². The number of aromatic nitrogens is 4. The van der Waals surface area contributed by atoms with Crippen LogP contribution in [0.5, 0.6) is 0 Å². The van der Waals surface area contributed by atoms with Crippen molar-refractivity contribution < 1.29 is 9.59 Å². The second-order valence-electron chi connectivity index (χ2n) is 6.77. The van der Waals surface area contributed by atoms with Gasteiger partial charge in [0, 0.05) is 18.3 Å². The maximum absolute atomic E-state index is 12.8. The maximum atomic E-state index is 12.8. The molecule has 0 radical (unpaired) electrons. The predicted octanol–water partition coefficient (Wildman–Crippen LogP) is 1.87. The zero-order chi connectivity index (χ0) is 19.7. The first-order chi connectivity index (χ1) is 13.5. The number of hydrogen-bond donors (Lipinski definition) is 2. The lowest BCUT2D eigenvalue weighted by Crippen LogP contribution is -2.47. The third-order valence-electron chi connectivity index (χ3n) is 4.78. The van der Waals surface area contributed by atoms with Gasteiger partial charge in [-0.25, -0.2) is 4.98 Å². The number of hydrogen-bond acceptors (Lipinski definition) is 6. The van der Waals surface area contributed by atoms with E-state index in [0.29, 0.717) is 25.1 Å².